The smallest absolute Gasteiger partial charge is 0.218 e. The maximum Gasteiger partial charge on any atom is 0.218 e. The van der Waals surface area contributed by atoms with Gasteiger partial charge in [0.2, 0.25) is 6.41 Å². The van der Waals surface area contributed by atoms with E-state index in [-0.39, 0.29) is 17.2 Å². The van der Waals surface area contributed by atoms with E-state index in [1.54, 1.807) is 0 Å². The molecule has 2 rings (SSSR count). The summed E-state index contributed by atoms with van der Waals surface area (Å²) in [6, 6.07) is 10.6. The van der Waals surface area contributed by atoms with E-state index in [2.05, 4.69) is 81.7 Å². The Labute approximate surface area is 154 Å². The molecule has 0 N–H and O–H groups in total. The molecule has 1 aliphatic heterocycles. The average molecular weight is 349 g/mol. The molecular weight excluding hydrogens is 312 g/mol. The van der Waals surface area contributed by atoms with Crippen molar-refractivity contribution in [1.82, 2.24) is 4.90 Å². The molecule has 1 aliphatic rings. The van der Waals surface area contributed by atoms with Crippen LogP contribution in [0.25, 0.3) is 0 Å². The second-order valence-corrected chi connectivity index (χ2v) is 9.41. The summed E-state index contributed by atoms with van der Waals surface area (Å²) in [5.41, 5.74) is 1.56. The largest absolute Gasteiger partial charge is 0.369 e. The molecule has 0 bridgehead atoms. The van der Waals surface area contributed by atoms with Crippen LogP contribution in [0.1, 0.15) is 41.5 Å². The van der Waals surface area contributed by atoms with Crippen molar-refractivity contribution in [2.75, 3.05) is 44.3 Å². The minimum atomic E-state index is -0.253. The molecule has 0 unspecified atom stereocenters. The second kappa shape index (κ2) is 8.52. The number of rotatable bonds is 6. The Bertz CT molecular complexity index is 479. The summed E-state index contributed by atoms with van der Waals surface area (Å²) < 4.78 is 12.3. The topological polar surface area (TPSA) is 24.9 Å². The Hall–Kier alpha value is -1.10. The van der Waals surface area contributed by atoms with E-state index in [4.69, 9.17) is 9.47 Å². The van der Waals surface area contributed by atoms with Crippen molar-refractivity contribution in [3.05, 3.63) is 30.3 Å². The summed E-state index contributed by atoms with van der Waals surface area (Å²) in [5, 5.41) is 0. The van der Waals surface area contributed by atoms with Crippen LogP contribution in [-0.4, -0.2) is 50.7 Å². The van der Waals surface area contributed by atoms with E-state index in [9.17, 15) is 0 Å². The summed E-state index contributed by atoms with van der Waals surface area (Å²) in [5.74, 6) is 0. The summed E-state index contributed by atoms with van der Waals surface area (Å²) >= 11 is 0. The average Bonchev–Trinajstić information content (AvgIpc) is 2.54. The molecular formula is C21H36N2O2. The van der Waals surface area contributed by atoms with Crippen molar-refractivity contribution in [3.63, 3.8) is 0 Å². The highest BCUT2D eigenvalue weighted by Gasteiger charge is 2.28. The molecule has 142 valence electrons. The van der Waals surface area contributed by atoms with Gasteiger partial charge < -0.3 is 14.4 Å². The molecule has 0 aromatic heterocycles. The van der Waals surface area contributed by atoms with Crippen LogP contribution in [0.4, 0.5) is 5.69 Å². The Morgan fingerprint density at radius 2 is 1.28 bits per heavy atom. The Morgan fingerprint density at radius 1 is 0.800 bits per heavy atom. The first-order chi connectivity index (χ1) is 11.6. The van der Waals surface area contributed by atoms with Gasteiger partial charge >= 0.3 is 0 Å². The van der Waals surface area contributed by atoms with Crippen LogP contribution in [0.3, 0.4) is 0 Å². The third-order valence-electron chi connectivity index (χ3n) is 4.05. The zero-order chi connectivity index (χ0) is 18.5. The standard InChI is InChI=1S/C21H36N2O2/c1-20(2,3)16-24-19(25-17-21(4,5)6)23-14-12-22(13-15-23)18-10-8-7-9-11-18/h7-11,19H,12-17H2,1-6H3. The van der Waals surface area contributed by atoms with Crippen molar-refractivity contribution >= 4 is 5.69 Å². The van der Waals surface area contributed by atoms with E-state index in [1.165, 1.54) is 5.69 Å². The van der Waals surface area contributed by atoms with Gasteiger partial charge in [0, 0.05) is 31.9 Å². The number of piperazine rings is 1. The van der Waals surface area contributed by atoms with E-state index in [0.717, 1.165) is 26.2 Å². The van der Waals surface area contributed by atoms with Crippen LogP contribution in [0, 0.1) is 10.8 Å². The quantitative estimate of drug-likeness (QED) is 0.719. The number of anilines is 1. The zero-order valence-electron chi connectivity index (χ0n) is 16.9. The Balaban J connectivity index is 1.93. The van der Waals surface area contributed by atoms with Gasteiger partial charge in [0.05, 0.1) is 13.2 Å². The molecule has 0 spiro atoms. The molecule has 0 atom stereocenters. The lowest BCUT2D eigenvalue weighted by Crippen LogP contribution is -2.52. The molecule has 0 saturated carbocycles. The van der Waals surface area contributed by atoms with Gasteiger partial charge in [-0.15, -0.1) is 0 Å². The SMILES string of the molecule is CC(C)(C)COC(OCC(C)(C)C)N1CCN(c2ccccc2)CC1. The van der Waals surface area contributed by atoms with Gasteiger partial charge in [-0.1, -0.05) is 59.7 Å². The van der Waals surface area contributed by atoms with Crippen LogP contribution < -0.4 is 4.90 Å². The monoisotopic (exact) mass is 348 g/mol. The highest BCUT2D eigenvalue weighted by atomic mass is 16.7. The number of benzene rings is 1. The van der Waals surface area contributed by atoms with Gasteiger partial charge in [-0.25, -0.2) is 0 Å². The molecule has 0 radical (unpaired) electrons. The van der Waals surface area contributed by atoms with Crippen LogP contribution in [0.5, 0.6) is 0 Å². The van der Waals surface area contributed by atoms with Gasteiger partial charge in [0.25, 0.3) is 0 Å². The maximum atomic E-state index is 6.17. The fourth-order valence-electron chi connectivity index (χ4n) is 2.73. The molecule has 1 heterocycles. The van der Waals surface area contributed by atoms with Crippen molar-refractivity contribution in [2.24, 2.45) is 10.8 Å². The van der Waals surface area contributed by atoms with Gasteiger partial charge in [-0.3, -0.25) is 4.90 Å². The molecule has 4 nitrogen and oxygen atoms in total. The first-order valence-electron chi connectivity index (χ1n) is 9.41. The number of para-hydroxylation sites is 1. The lowest BCUT2D eigenvalue weighted by Gasteiger charge is -2.40. The van der Waals surface area contributed by atoms with E-state index in [1.807, 2.05) is 0 Å². The predicted molar refractivity (Wildman–Crippen MR) is 105 cm³/mol. The van der Waals surface area contributed by atoms with Crippen molar-refractivity contribution < 1.29 is 9.47 Å². The highest BCUT2D eigenvalue weighted by Crippen LogP contribution is 2.22. The normalized spacial score (nSPS) is 17.3. The molecule has 0 amide bonds. The van der Waals surface area contributed by atoms with Crippen LogP contribution in [0.15, 0.2) is 30.3 Å². The molecule has 1 fully saturated rings. The molecule has 4 heteroatoms. The van der Waals surface area contributed by atoms with Gasteiger partial charge in [0.1, 0.15) is 0 Å². The second-order valence-electron chi connectivity index (χ2n) is 9.41. The molecule has 25 heavy (non-hydrogen) atoms. The Kier molecular flexibility index (Phi) is 6.89. The molecule has 1 saturated heterocycles. The van der Waals surface area contributed by atoms with Crippen molar-refractivity contribution in [2.45, 2.75) is 48.0 Å². The molecule has 1 aromatic rings. The summed E-state index contributed by atoms with van der Waals surface area (Å²) in [6.45, 7) is 18.5. The summed E-state index contributed by atoms with van der Waals surface area (Å²) in [7, 11) is 0. The number of nitrogens with zero attached hydrogens (tertiary/aromatic N) is 2. The fraction of sp³-hybridized carbons (Fsp3) is 0.714. The highest BCUT2D eigenvalue weighted by molar-refractivity contribution is 5.46. The van der Waals surface area contributed by atoms with Crippen LogP contribution >= 0.6 is 0 Å². The van der Waals surface area contributed by atoms with E-state index in [0.29, 0.717) is 13.2 Å². The first-order valence-corrected chi connectivity index (χ1v) is 9.41. The lowest BCUT2D eigenvalue weighted by molar-refractivity contribution is -0.243. The Morgan fingerprint density at radius 3 is 1.72 bits per heavy atom. The van der Waals surface area contributed by atoms with Gasteiger partial charge in [-0.2, -0.15) is 0 Å². The van der Waals surface area contributed by atoms with E-state index < -0.39 is 0 Å². The lowest BCUT2D eigenvalue weighted by atomic mass is 9.98. The van der Waals surface area contributed by atoms with Gasteiger partial charge in [-0.05, 0) is 23.0 Å². The minimum Gasteiger partial charge on any atom is -0.369 e. The number of hydrogen-bond donors (Lipinski definition) is 0. The number of hydrogen-bond acceptors (Lipinski definition) is 4. The summed E-state index contributed by atoms with van der Waals surface area (Å²) in [4.78, 5) is 4.76. The van der Waals surface area contributed by atoms with E-state index >= 15 is 0 Å². The number of ether oxygens (including phenoxy) is 2. The maximum absolute atomic E-state index is 6.17. The van der Waals surface area contributed by atoms with Crippen LogP contribution in [-0.2, 0) is 9.47 Å². The third-order valence-corrected chi connectivity index (χ3v) is 4.05. The fourth-order valence-corrected chi connectivity index (χ4v) is 2.73. The predicted octanol–water partition coefficient (Wildman–Crippen LogP) is 4.22. The van der Waals surface area contributed by atoms with Crippen molar-refractivity contribution in [3.8, 4) is 0 Å². The van der Waals surface area contributed by atoms with Crippen LogP contribution in [0.2, 0.25) is 0 Å². The first kappa shape index (κ1) is 20.2. The van der Waals surface area contributed by atoms with Crippen molar-refractivity contribution in [1.29, 1.82) is 0 Å². The molecule has 1 aromatic carbocycles. The molecule has 0 aliphatic carbocycles. The summed E-state index contributed by atoms with van der Waals surface area (Å²) in [6.07, 6.45) is -0.253. The third kappa shape index (κ3) is 7.35. The minimum absolute atomic E-state index is 0.134. The zero-order valence-corrected chi connectivity index (χ0v) is 16.9. The van der Waals surface area contributed by atoms with Gasteiger partial charge in [0.15, 0.2) is 0 Å².